The van der Waals surface area contributed by atoms with Crippen molar-refractivity contribution in [2.45, 2.75) is 38.2 Å². The highest BCUT2D eigenvalue weighted by atomic mass is 16.5. The molecular weight excluding hydrogens is 208 g/mol. The molecule has 0 aromatic carbocycles. The number of ether oxygens (including phenoxy) is 1. The summed E-state index contributed by atoms with van der Waals surface area (Å²) in [6.45, 7) is 2.07. The monoisotopic (exact) mass is 226 g/mol. The van der Waals surface area contributed by atoms with Gasteiger partial charge >= 0.3 is 6.03 Å². The van der Waals surface area contributed by atoms with Crippen molar-refractivity contribution in [2.24, 2.45) is 0 Å². The molecule has 0 spiro atoms. The van der Waals surface area contributed by atoms with Gasteiger partial charge in [-0.2, -0.15) is 0 Å². The van der Waals surface area contributed by atoms with Crippen molar-refractivity contribution in [2.75, 3.05) is 19.7 Å². The second kappa shape index (κ2) is 5.30. The molecule has 2 heterocycles. The first-order valence-electron chi connectivity index (χ1n) is 5.96. The fourth-order valence-corrected chi connectivity index (χ4v) is 2.15. The van der Waals surface area contributed by atoms with Crippen LogP contribution >= 0.6 is 0 Å². The maximum Gasteiger partial charge on any atom is 0.324 e. The van der Waals surface area contributed by atoms with E-state index in [1.54, 1.807) is 4.90 Å². The first-order chi connectivity index (χ1) is 7.75. The predicted molar refractivity (Wildman–Crippen MR) is 57.9 cm³/mol. The summed E-state index contributed by atoms with van der Waals surface area (Å²) in [6, 6.07) is -0.257. The molecule has 0 aromatic rings. The summed E-state index contributed by atoms with van der Waals surface area (Å²) < 4.78 is 5.60. The molecule has 3 amide bonds. The average Bonchev–Trinajstić information content (AvgIpc) is 2.29. The second-order valence-electron chi connectivity index (χ2n) is 4.37. The van der Waals surface area contributed by atoms with Crippen molar-refractivity contribution in [3.63, 3.8) is 0 Å². The van der Waals surface area contributed by atoms with Gasteiger partial charge in [0.15, 0.2) is 0 Å². The third-order valence-corrected chi connectivity index (χ3v) is 3.14. The van der Waals surface area contributed by atoms with Gasteiger partial charge < -0.3 is 9.64 Å². The van der Waals surface area contributed by atoms with Gasteiger partial charge in [-0.05, 0) is 25.7 Å². The minimum Gasteiger partial charge on any atom is -0.378 e. The van der Waals surface area contributed by atoms with Gasteiger partial charge in [0.05, 0.1) is 6.10 Å². The van der Waals surface area contributed by atoms with Crippen LogP contribution in [0.15, 0.2) is 0 Å². The smallest absolute Gasteiger partial charge is 0.324 e. The third kappa shape index (κ3) is 2.95. The van der Waals surface area contributed by atoms with E-state index in [2.05, 4.69) is 5.32 Å². The van der Waals surface area contributed by atoms with Gasteiger partial charge in [0.1, 0.15) is 0 Å². The molecule has 2 aliphatic heterocycles. The number of nitrogens with one attached hydrogen (secondary N) is 1. The molecule has 1 unspecified atom stereocenters. The van der Waals surface area contributed by atoms with Gasteiger partial charge in [0.25, 0.3) is 0 Å². The molecule has 1 N–H and O–H groups in total. The molecule has 90 valence electrons. The van der Waals surface area contributed by atoms with Crippen molar-refractivity contribution in [3.05, 3.63) is 0 Å². The molecule has 0 bridgehead atoms. The summed E-state index contributed by atoms with van der Waals surface area (Å²) in [5.41, 5.74) is 0. The number of imide groups is 1. The highest BCUT2D eigenvalue weighted by Gasteiger charge is 2.24. The van der Waals surface area contributed by atoms with E-state index in [1.807, 2.05) is 0 Å². The van der Waals surface area contributed by atoms with Crippen LogP contribution in [0.1, 0.15) is 32.1 Å². The first-order valence-corrected chi connectivity index (χ1v) is 5.96. The van der Waals surface area contributed by atoms with Crippen LogP contribution in [0.5, 0.6) is 0 Å². The fourth-order valence-electron chi connectivity index (χ4n) is 2.15. The molecule has 0 aromatic heterocycles. The van der Waals surface area contributed by atoms with Crippen molar-refractivity contribution in [1.29, 1.82) is 0 Å². The van der Waals surface area contributed by atoms with E-state index in [9.17, 15) is 9.59 Å². The van der Waals surface area contributed by atoms with Crippen molar-refractivity contribution in [3.8, 4) is 0 Å². The van der Waals surface area contributed by atoms with Crippen molar-refractivity contribution in [1.82, 2.24) is 10.2 Å². The Morgan fingerprint density at radius 1 is 1.38 bits per heavy atom. The first kappa shape index (κ1) is 11.4. The van der Waals surface area contributed by atoms with Crippen LogP contribution in [0.2, 0.25) is 0 Å². The number of nitrogens with zero attached hydrogens (tertiary/aromatic N) is 1. The minimum atomic E-state index is -0.257. The fraction of sp³-hybridized carbons (Fsp3) is 0.818. The summed E-state index contributed by atoms with van der Waals surface area (Å²) >= 11 is 0. The summed E-state index contributed by atoms with van der Waals surface area (Å²) in [5, 5.41) is 2.32. The highest BCUT2D eigenvalue weighted by molar-refractivity contribution is 5.96. The molecule has 0 aliphatic carbocycles. The maximum atomic E-state index is 11.4. The van der Waals surface area contributed by atoms with E-state index in [0.29, 0.717) is 25.6 Å². The lowest BCUT2D eigenvalue weighted by molar-refractivity contribution is -0.121. The maximum absolute atomic E-state index is 11.4. The molecule has 2 saturated heterocycles. The zero-order chi connectivity index (χ0) is 11.4. The predicted octanol–water partition coefficient (Wildman–Crippen LogP) is 0.888. The van der Waals surface area contributed by atoms with E-state index in [0.717, 1.165) is 25.9 Å². The van der Waals surface area contributed by atoms with Crippen LogP contribution in [-0.4, -0.2) is 42.6 Å². The molecule has 0 saturated carbocycles. The van der Waals surface area contributed by atoms with Crippen LogP contribution < -0.4 is 5.32 Å². The van der Waals surface area contributed by atoms with Gasteiger partial charge in [0, 0.05) is 26.1 Å². The SMILES string of the molecule is O=C1CCN(CCC2CCCCO2)C(=O)N1. The van der Waals surface area contributed by atoms with Crippen molar-refractivity contribution >= 4 is 11.9 Å². The van der Waals surface area contributed by atoms with Crippen LogP contribution in [0.25, 0.3) is 0 Å². The van der Waals surface area contributed by atoms with Gasteiger partial charge in [-0.15, -0.1) is 0 Å². The molecule has 16 heavy (non-hydrogen) atoms. The number of rotatable bonds is 3. The van der Waals surface area contributed by atoms with E-state index >= 15 is 0 Å². The van der Waals surface area contributed by atoms with Gasteiger partial charge in [-0.1, -0.05) is 0 Å². The Balaban J connectivity index is 1.72. The third-order valence-electron chi connectivity index (χ3n) is 3.14. The molecule has 2 fully saturated rings. The molecule has 5 nitrogen and oxygen atoms in total. The summed E-state index contributed by atoms with van der Waals surface area (Å²) in [5.74, 6) is -0.171. The average molecular weight is 226 g/mol. The Morgan fingerprint density at radius 2 is 2.25 bits per heavy atom. The Hall–Kier alpha value is -1.10. The zero-order valence-electron chi connectivity index (χ0n) is 9.41. The quantitative estimate of drug-likeness (QED) is 0.777. The normalized spacial score (nSPS) is 26.8. The molecular formula is C11H18N2O3. The summed E-state index contributed by atoms with van der Waals surface area (Å²) in [6.07, 6.45) is 5.04. The largest absolute Gasteiger partial charge is 0.378 e. The van der Waals surface area contributed by atoms with Crippen LogP contribution in [0.3, 0.4) is 0 Å². The minimum absolute atomic E-state index is 0.171. The van der Waals surface area contributed by atoms with E-state index < -0.39 is 0 Å². The number of hydrogen-bond donors (Lipinski definition) is 1. The summed E-state index contributed by atoms with van der Waals surface area (Å²) in [7, 11) is 0. The number of hydrogen-bond acceptors (Lipinski definition) is 3. The lowest BCUT2D eigenvalue weighted by Gasteiger charge is -2.29. The van der Waals surface area contributed by atoms with E-state index in [4.69, 9.17) is 4.74 Å². The zero-order valence-corrected chi connectivity index (χ0v) is 9.41. The number of carbonyl (C=O) groups is 2. The molecule has 0 radical (unpaired) electrons. The van der Waals surface area contributed by atoms with Crippen LogP contribution in [-0.2, 0) is 9.53 Å². The number of amides is 3. The Morgan fingerprint density at radius 3 is 2.94 bits per heavy atom. The molecule has 5 heteroatoms. The Labute approximate surface area is 95.1 Å². The number of carbonyl (C=O) groups excluding carboxylic acids is 2. The molecule has 2 rings (SSSR count). The number of urea groups is 1. The molecule has 1 atom stereocenters. The van der Waals surface area contributed by atoms with Gasteiger partial charge in [-0.3, -0.25) is 10.1 Å². The van der Waals surface area contributed by atoms with Crippen LogP contribution in [0, 0.1) is 0 Å². The van der Waals surface area contributed by atoms with Gasteiger partial charge in [0.2, 0.25) is 5.91 Å². The van der Waals surface area contributed by atoms with E-state index in [-0.39, 0.29) is 11.9 Å². The van der Waals surface area contributed by atoms with Crippen LogP contribution in [0.4, 0.5) is 4.79 Å². The van der Waals surface area contributed by atoms with E-state index in [1.165, 1.54) is 6.42 Å². The second-order valence-corrected chi connectivity index (χ2v) is 4.37. The highest BCUT2D eigenvalue weighted by Crippen LogP contribution is 2.16. The standard InChI is InChI=1S/C11H18N2O3/c14-10-5-7-13(11(15)12-10)6-4-9-3-1-2-8-16-9/h9H,1-8H2,(H,12,14,15). The van der Waals surface area contributed by atoms with Crippen molar-refractivity contribution < 1.29 is 14.3 Å². The lowest BCUT2D eigenvalue weighted by Crippen LogP contribution is -2.50. The molecule has 2 aliphatic rings. The summed E-state index contributed by atoms with van der Waals surface area (Å²) in [4.78, 5) is 24.1. The Bertz CT molecular complexity index is 274. The Kier molecular flexibility index (Phi) is 3.77. The lowest BCUT2D eigenvalue weighted by atomic mass is 10.1. The topological polar surface area (TPSA) is 58.6 Å². The van der Waals surface area contributed by atoms with Gasteiger partial charge in [-0.25, -0.2) is 4.79 Å².